The molecule has 0 unspecified atom stereocenters. The summed E-state index contributed by atoms with van der Waals surface area (Å²) in [6, 6.07) is 1.73. The molecule has 20 heavy (non-hydrogen) atoms. The lowest BCUT2D eigenvalue weighted by molar-refractivity contribution is -0.384. The lowest BCUT2D eigenvalue weighted by Gasteiger charge is -2.06. The number of hydrogen-bond donors (Lipinski definition) is 0. The van der Waals surface area contributed by atoms with Crippen LogP contribution in [0.2, 0.25) is 0 Å². The molecular weight excluding hydrogens is 269 g/mol. The van der Waals surface area contributed by atoms with Crippen molar-refractivity contribution >= 4 is 11.7 Å². The van der Waals surface area contributed by atoms with Crippen LogP contribution in [0.15, 0.2) is 24.5 Å². The van der Waals surface area contributed by atoms with Gasteiger partial charge in [0.2, 0.25) is 0 Å². The zero-order valence-corrected chi connectivity index (χ0v) is 10.7. The number of aromatic nitrogens is 2. The zero-order valence-electron chi connectivity index (χ0n) is 10.7. The van der Waals surface area contributed by atoms with E-state index in [1.54, 1.807) is 6.92 Å². The van der Waals surface area contributed by atoms with Crippen LogP contribution in [-0.4, -0.2) is 27.8 Å². The Morgan fingerprint density at radius 2 is 2.20 bits per heavy atom. The molecule has 1 aromatic carbocycles. The normalized spacial score (nSPS) is 10.3. The fourth-order valence-corrected chi connectivity index (χ4v) is 1.69. The van der Waals surface area contributed by atoms with Gasteiger partial charge in [-0.15, -0.1) is 0 Å². The van der Waals surface area contributed by atoms with Crippen LogP contribution in [-0.2, 0) is 4.74 Å². The summed E-state index contributed by atoms with van der Waals surface area (Å²) < 4.78 is 19.4. The summed E-state index contributed by atoms with van der Waals surface area (Å²) >= 11 is 0. The van der Waals surface area contributed by atoms with E-state index in [9.17, 15) is 19.3 Å². The third-order valence-electron chi connectivity index (χ3n) is 2.62. The maximum Gasteiger partial charge on any atom is 0.340 e. The van der Waals surface area contributed by atoms with E-state index in [1.807, 2.05) is 0 Å². The highest BCUT2D eigenvalue weighted by Gasteiger charge is 2.23. The average Bonchev–Trinajstić information content (AvgIpc) is 2.84. The predicted molar refractivity (Wildman–Crippen MR) is 66.3 cm³/mol. The lowest BCUT2D eigenvalue weighted by Crippen LogP contribution is -2.09. The third kappa shape index (κ3) is 2.35. The van der Waals surface area contributed by atoms with E-state index in [1.165, 1.54) is 17.1 Å². The number of carbonyl (C=O) groups excluding carboxylic acids is 1. The van der Waals surface area contributed by atoms with E-state index in [0.717, 1.165) is 18.7 Å². The zero-order chi connectivity index (χ0) is 14.9. The van der Waals surface area contributed by atoms with E-state index in [4.69, 9.17) is 0 Å². The molecule has 0 saturated heterocycles. The van der Waals surface area contributed by atoms with Crippen molar-refractivity contribution in [1.29, 1.82) is 0 Å². The molecule has 0 bridgehead atoms. The molecule has 0 radical (unpaired) electrons. The number of aryl methyl sites for hydroxylation is 1. The van der Waals surface area contributed by atoms with Crippen molar-refractivity contribution < 1.29 is 18.8 Å². The molecule has 2 aromatic rings. The van der Waals surface area contributed by atoms with Crippen LogP contribution in [0.3, 0.4) is 0 Å². The maximum atomic E-state index is 13.7. The largest absolute Gasteiger partial charge is 0.465 e. The van der Waals surface area contributed by atoms with Crippen LogP contribution in [0.4, 0.5) is 10.1 Å². The SMILES string of the molecule is COC(=O)c1cc(-n2cc(C)cn2)c([N+](=O)[O-])cc1F. The minimum atomic E-state index is -1.02. The van der Waals surface area contributed by atoms with Gasteiger partial charge in [-0.05, 0) is 18.6 Å². The van der Waals surface area contributed by atoms with Gasteiger partial charge in [0.05, 0.1) is 29.9 Å². The Morgan fingerprint density at radius 1 is 1.50 bits per heavy atom. The van der Waals surface area contributed by atoms with Crippen LogP contribution in [0.25, 0.3) is 5.69 Å². The highest BCUT2D eigenvalue weighted by Crippen LogP contribution is 2.26. The molecule has 7 nitrogen and oxygen atoms in total. The van der Waals surface area contributed by atoms with E-state index in [2.05, 4.69) is 9.84 Å². The van der Waals surface area contributed by atoms with Crippen molar-refractivity contribution in [2.75, 3.05) is 7.11 Å². The Labute approximate surface area is 112 Å². The number of benzene rings is 1. The first-order chi connectivity index (χ1) is 9.43. The number of nitro groups is 1. The highest BCUT2D eigenvalue weighted by molar-refractivity contribution is 5.91. The standard InChI is InChI=1S/C12H10FN3O4/c1-7-5-14-15(6-7)10-3-8(12(17)20-2)9(13)4-11(10)16(18)19/h3-6H,1-2H3. The molecular formula is C12H10FN3O4. The monoisotopic (exact) mass is 279 g/mol. The van der Waals surface area contributed by atoms with Gasteiger partial charge in [0.1, 0.15) is 11.5 Å². The predicted octanol–water partition coefficient (Wildman–Crippen LogP) is 2.01. The molecule has 0 N–H and O–H groups in total. The molecule has 0 spiro atoms. The molecule has 0 saturated carbocycles. The van der Waals surface area contributed by atoms with Crippen molar-refractivity contribution in [1.82, 2.24) is 9.78 Å². The fraction of sp³-hybridized carbons (Fsp3) is 0.167. The van der Waals surface area contributed by atoms with E-state index >= 15 is 0 Å². The highest BCUT2D eigenvalue weighted by atomic mass is 19.1. The van der Waals surface area contributed by atoms with E-state index in [0.29, 0.717) is 6.07 Å². The number of esters is 1. The number of nitrogens with zero attached hydrogens (tertiary/aromatic N) is 3. The lowest BCUT2D eigenvalue weighted by atomic mass is 10.1. The van der Waals surface area contributed by atoms with Gasteiger partial charge in [0, 0.05) is 6.20 Å². The second kappa shape index (κ2) is 5.08. The van der Waals surface area contributed by atoms with Crippen LogP contribution in [0.1, 0.15) is 15.9 Å². The molecule has 0 aliphatic heterocycles. The summed E-state index contributed by atoms with van der Waals surface area (Å²) in [4.78, 5) is 21.7. The summed E-state index contributed by atoms with van der Waals surface area (Å²) in [5.41, 5.74) is -0.118. The van der Waals surface area contributed by atoms with Gasteiger partial charge in [0.15, 0.2) is 0 Å². The molecule has 0 aliphatic carbocycles. The van der Waals surface area contributed by atoms with Crippen molar-refractivity contribution in [3.8, 4) is 5.69 Å². The van der Waals surface area contributed by atoms with Crippen molar-refractivity contribution in [2.45, 2.75) is 6.92 Å². The maximum absolute atomic E-state index is 13.7. The molecule has 0 atom stereocenters. The number of rotatable bonds is 3. The first kappa shape index (κ1) is 13.7. The molecule has 0 amide bonds. The second-order valence-electron chi connectivity index (χ2n) is 4.03. The second-order valence-corrected chi connectivity index (χ2v) is 4.03. The fourth-order valence-electron chi connectivity index (χ4n) is 1.69. The van der Waals surface area contributed by atoms with E-state index in [-0.39, 0.29) is 11.3 Å². The number of methoxy groups -OCH3 is 1. The van der Waals surface area contributed by atoms with Gasteiger partial charge >= 0.3 is 5.97 Å². The van der Waals surface area contributed by atoms with Gasteiger partial charge < -0.3 is 4.74 Å². The van der Waals surface area contributed by atoms with Gasteiger partial charge in [0.25, 0.3) is 5.69 Å². The average molecular weight is 279 g/mol. The van der Waals surface area contributed by atoms with Crippen LogP contribution in [0.5, 0.6) is 0 Å². The number of carbonyl (C=O) groups is 1. The van der Waals surface area contributed by atoms with E-state index < -0.39 is 22.4 Å². The van der Waals surface area contributed by atoms with Crippen molar-refractivity contribution in [3.63, 3.8) is 0 Å². The first-order valence-corrected chi connectivity index (χ1v) is 5.52. The molecule has 1 aromatic heterocycles. The minimum absolute atomic E-state index is 0.00935. The quantitative estimate of drug-likeness (QED) is 0.487. The number of hydrogen-bond acceptors (Lipinski definition) is 5. The molecule has 2 rings (SSSR count). The minimum Gasteiger partial charge on any atom is -0.465 e. The molecule has 104 valence electrons. The third-order valence-corrected chi connectivity index (χ3v) is 2.62. The van der Waals surface area contributed by atoms with Crippen LogP contribution >= 0.6 is 0 Å². The summed E-state index contributed by atoms with van der Waals surface area (Å²) in [6.45, 7) is 1.75. The van der Waals surface area contributed by atoms with Gasteiger partial charge in [-0.2, -0.15) is 5.10 Å². The molecule has 0 fully saturated rings. The Hall–Kier alpha value is -2.77. The van der Waals surface area contributed by atoms with Crippen LogP contribution in [0, 0.1) is 22.9 Å². The van der Waals surface area contributed by atoms with Crippen LogP contribution < -0.4 is 0 Å². The Kier molecular flexibility index (Phi) is 3.47. The summed E-state index contributed by atoms with van der Waals surface area (Å²) in [5, 5.41) is 14.9. The summed E-state index contributed by atoms with van der Waals surface area (Å²) in [5.74, 6) is -1.93. The molecule has 1 heterocycles. The van der Waals surface area contributed by atoms with Crippen molar-refractivity contribution in [2.24, 2.45) is 0 Å². The van der Waals surface area contributed by atoms with Gasteiger partial charge in [-0.25, -0.2) is 13.9 Å². The molecule has 0 aliphatic rings. The van der Waals surface area contributed by atoms with Gasteiger partial charge in [-0.1, -0.05) is 0 Å². The Morgan fingerprint density at radius 3 is 2.70 bits per heavy atom. The number of nitro benzene ring substituents is 1. The topological polar surface area (TPSA) is 87.3 Å². The number of halogens is 1. The first-order valence-electron chi connectivity index (χ1n) is 5.52. The van der Waals surface area contributed by atoms with Gasteiger partial charge in [-0.3, -0.25) is 10.1 Å². The summed E-state index contributed by atoms with van der Waals surface area (Å²) in [7, 11) is 1.10. The number of ether oxygens (including phenoxy) is 1. The summed E-state index contributed by atoms with van der Waals surface area (Å²) in [6.07, 6.45) is 3.02. The Balaban J connectivity index is 2.69. The van der Waals surface area contributed by atoms with Crippen molar-refractivity contribution in [3.05, 3.63) is 51.6 Å². The Bertz CT molecular complexity index is 696. The smallest absolute Gasteiger partial charge is 0.340 e. The molecule has 8 heteroatoms.